The van der Waals surface area contributed by atoms with Gasteiger partial charge in [-0.2, -0.15) is 0 Å². The first-order valence-corrected chi connectivity index (χ1v) is 9.98. The Bertz CT molecular complexity index is 735. The van der Waals surface area contributed by atoms with Crippen LogP contribution < -0.4 is 10.6 Å². The van der Waals surface area contributed by atoms with Gasteiger partial charge in [0.05, 0.1) is 6.04 Å². The Morgan fingerprint density at radius 1 is 1.18 bits per heavy atom. The van der Waals surface area contributed by atoms with E-state index >= 15 is 0 Å². The molecule has 1 aliphatic heterocycles. The van der Waals surface area contributed by atoms with E-state index in [9.17, 15) is 0 Å². The van der Waals surface area contributed by atoms with Crippen molar-refractivity contribution in [3.8, 4) is 0 Å². The molecule has 1 fully saturated rings. The summed E-state index contributed by atoms with van der Waals surface area (Å²) in [6.45, 7) is 3.85. The molecule has 0 amide bonds. The second kappa shape index (κ2) is 12.2. The summed E-state index contributed by atoms with van der Waals surface area (Å²) in [5.74, 6) is 0.817. The van der Waals surface area contributed by atoms with Gasteiger partial charge in [-0.3, -0.25) is 14.9 Å². The number of nitrogens with zero attached hydrogens (tertiary/aromatic N) is 3. The molecule has 152 valence electrons. The van der Waals surface area contributed by atoms with E-state index in [0.29, 0.717) is 6.04 Å². The fourth-order valence-corrected chi connectivity index (χ4v) is 3.69. The molecule has 0 aliphatic carbocycles. The zero-order chi connectivity index (χ0) is 18.9. The van der Waals surface area contributed by atoms with Crippen molar-refractivity contribution >= 4 is 41.5 Å². The fourth-order valence-electron chi connectivity index (χ4n) is 3.49. The minimum atomic E-state index is 0. The number of aliphatic imine (C=N–C) groups is 1. The summed E-state index contributed by atoms with van der Waals surface area (Å²) in [7, 11) is 1.81. The van der Waals surface area contributed by atoms with E-state index in [1.165, 1.54) is 18.4 Å². The smallest absolute Gasteiger partial charge is 0.191 e. The standard InChI is InChI=1S/C21H28ClN5.HI/c1-23-21(25-12-10-19-9-2-3-11-24-19)26-16-20(27-13-4-5-14-27)17-7-6-8-18(22)15-17;/h2-3,6-9,11,15,20H,4-5,10,12-14,16H2,1H3,(H2,23,25,26);1H. The molecule has 7 heteroatoms. The molecule has 0 bridgehead atoms. The number of pyridine rings is 1. The number of guanidine groups is 1. The highest BCUT2D eigenvalue weighted by Gasteiger charge is 2.23. The van der Waals surface area contributed by atoms with Crippen molar-refractivity contribution in [2.24, 2.45) is 4.99 Å². The second-order valence-corrected chi connectivity index (χ2v) is 7.20. The van der Waals surface area contributed by atoms with E-state index in [1.807, 2.05) is 36.5 Å². The molecule has 1 saturated heterocycles. The first-order valence-electron chi connectivity index (χ1n) is 9.60. The Balaban J connectivity index is 0.00000280. The normalized spacial score (nSPS) is 15.7. The van der Waals surface area contributed by atoms with Crippen LogP contribution in [0.25, 0.3) is 0 Å². The summed E-state index contributed by atoms with van der Waals surface area (Å²) < 4.78 is 0. The highest BCUT2D eigenvalue weighted by atomic mass is 127. The van der Waals surface area contributed by atoms with Crippen LogP contribution in [0.3, 0.4) is 0 Å². The first kappa shape index (κ1) is 22.9. The Morgan fingerprint density at radius 3 is 2.68 bits per heavy atom. The molecule has 1 unspecified atom stereocenters. The Hall–Kier alpha value is -1.38. The molecule has 2 heterocycles. The molecule has 5 nitrogen and oxygen atoms in total. The minimum Gasteiger partial charge on any atom is -0.356 e. The Labute approximate surface area is 190 Å². The fraction of sp³-hybridized carbons (Fsp3) is 0.429. The molecule has 0 spiro atoms. The summed E-state index contributed by atoms with van der Waals surface area (Å²) in [6, 6.07) is 14.5. The summed E-state index contributed by atoms with van der Waals surface area (Å²) in [4.78, 5) is 11.2. The maximum absolute atomic E-state index is 6.23. The van der Waals surface area contributed by atoms with Crippen LogP contribution in [0.1, 0.15) is 30.1 Å². The molecule has 3 rings (SSSR count). The lowest BCUT2D eigenvalue weighted by Gasteiger charge is -2.29. The third-order valence-electron chi connectivity index (χ3n) is 4.90. The maximum Gasteiger partial charge on any atom is 0.191 e. The van der Waals surface area contributed by atoms with Gasteiger partial charge in [-0.15, -0.1) is 24.0 Å². The SMILES string of the molecule is CN=C(NCCc1ccccn1)NCC(c1cccc(Cl)c1)N1CCCC1.I. The quantitative estimate of drug-likeness (QED) is 0.335. The summed E-state index contributed by atoms with van der Waals surface area (Å²) in [5, 5.41) is 7.65. The summed E-state index contributed by atoms with van der Waals surface area (Å²) in [5.41, 5.74) is 2.33. The van der Waals surface area contributed by atoms with Crippen LogP contribution in [0.15, 0.2) is 53.7 Å². The van der Waals surface area contributed by atoms with Crippen LogP contribution in [-0.4, -0.2) is 49.1 Å². The molecule has 1 aromatic carbocycles. The molecular weight excluding hydrogens is 485 g/mol. The molecule has 28 heavy (non-hydrogen) atoms. The molecular formula is C21H29ClIN5. The Morgan fingerprint density at radius 2 is 2.00 bits per heavy atom. The van der Waals surface area contributed by atoms with Gasteiger partial charge in [-0.25, -0.2) is 0 Å². The maximum atomic E-state index is 6.23. The largest absolute Gasteiger partial charge is 0.356 e. The van der Waals surface area contributed by atoms with E-state index in [-0.39, 0.29) is 24.0 Å². The second-order valence-electron chi connectivity index (χ2n) is 6.76. The zero-order valence-corrected chi connectivity index (χ0v) is 19.4. The highest BCUT2D eigenvalue weighted by molar-refractivity contribution is 14.0. The predicted octanol–water partition coefficient (Wildman–Crippen LogP) is 3.90. The van der Waals surface area contributed by atoms with Gasteiger partial charge in [0.1, 0.15) is 0 Å². The van der Waals surface area contributed by atoms with Gasteiger partial charge < -0.3 is 10.6 Å². The number of rotatable bonds is 7. The van der Waals surface area contributed by atoms with Crippen molar-refractivity contribution in [2.75, 3.05) is 33.2 Å². The van der Waals surface area contributed by atoms with Gasteiger partial charge in [-0.1, -0.05) is 29.8 Å². The summed E-state index contributed by atoms with van der Waals surface area (Å²) >= 11 is 6.23. The third kappa shape index (κ3) is 6.90. The molecule has 1 aliphatic rings. The third-order valence-corrected chi connectivity index (χ3v) is 5.14. The van der Waals surface area contributed by atoms with Crippen molar-refractivity contribution in [1.29, 1.82) is 0 Å². The lowest BCUT2D eigenvalue weighted by molar-refractivity contribution is 0.245. The molecule has 0 radical (unpaired) electrons. The number of halogens is 2. The van der Waals surface area contributed by atoms with Crippen LogP contribution in [-0.2, 0) is 6.42 Å². The number of likely N-dealkylation sites (tertiary alicyclic amines) is 1. The number of benzene rings is 1. The van der Waals surface area contributed by atoms with Crippen LogP contribution in [0.4, 0.5) is 0 Å². The Kier molecular flexibility index (Phi) is 10.0. The van der Waals surface area contributed by atoms with Crippen molar-refractivity contribution in [3.05, 3.63) is 64.9 Å². The van der Waals surface area contributed by atoms with Crippen molar-refractivity contribution < 1.29 is 0 Å². The molecule has 1 atom stereocenters. The average Bonchev–Trinajstić information content (AvgIpc) is 3.22. The molecule has 1 aromatic heterocycles. The van der Waals surface area contributed by atoms with Crippen LogP contribution in [0, 0.1) is 0 Å². The van der Waals surface area contributed by atoms with Crippen molar-refractivity contribution in [3.63, 3.8) is 0 Å². The van der Waals surface area contributed by atoms with E-state index in [0.717, 1.165) is 49.3 Å². The number of hydrogen-bond acceptors (Lipinski definition) is 3. The van der Waals surface area contributed by atoms with Crippen LogP contribution >= 0.6 is 35.6 Å². The van der Waals surface area contributed by atoms with Gasteiger partial charge in [0.25, 0.3) is 0 Å². The van der Waals surface area contributed by atoms with Crippen LogP contribution in [0.5, 0.6) is 0 Å². The van der Waals surface area contributed by atoms with E-state index in [4.69, 9.17) is 11.6 Å². The molecule has 0 saturated carbocycles. The minimum absolute atomic E-state index is 0. The van der Waals surface area contributed by atoms with Gasteiger partial charge in [0, 0.05) is 43.5 Å². The van der Waals surface area contributed by atoms with E-state index < -0.39 is 0 Å². The average molecular weight is 514 g/mol. The van der Waals surface area contributed by atoms with E-state index in [2.05, 4.69) is 37.6 Å². The monoisotopic (exact) mass is 513 g/mol. The van der Waals surface area contributed by atoms with Crippen LogP contribution in [0.2, 0.25) is 5.02 Å². The van der Waals surface area contributed by atoms with Gasteiger partial charge in [0.15, 0.2) is 5.96 Å². The predicted molar refractivity (Wildman–Crippen MR) is 128 cm³/mol. The zero-order valence-electron chi connectivity index (χ0n) is 16.3. The molecule has 2 aromatic rings. The lowest BCUT2D eigenvalue weighted by atomic mass is 10.1. The van der Waals surface area contributed by atoms with Gasteiger partial charge in [-0.05, 0) is 55.8 Å². The van der Waals surface area contributed by atoms with Crippen molar-refractivity contribution in [1.82, 2.24) is 20.5 Å². The number of aromatic nitrogens is 1. The van der Waals surface area contributed by atoms with Crippen molar-refractivity contribution in [2.45, 2.75) is 25.3 Å². The highest BCUT2D eigenvalue weighted by Crippen LogP contribution is 2.26. The summed E-state index contributed by atoms with van der Waals surface area (Å²) in [6.07, 6.45) is 5.21. The number of hydrogen-bond donors (Lipinski definition) is 2. The molecule has 2 N–H and O–H groups in total. The van der Waals surface area contributed by atoms with Gasteiger partial charge >= 0.3 is 0 Å². The number of nitrogens with one attached hydrogen (secondary N) is 2. The topological polar surface area (TPSA) is 52.6 Å². The lowest BCUT2D eigenvalue weighted by Crippen LogP contribution is -2.43. The van der Waals surface area contributed by atoms with Gasteiger partial charge in [0.2, 0.25) is 0 Å². The first-order chi connectivity index (χ1) is 13.3. The van der Waals surface area contributed by atoms with E-state index in [1.54, 1.807) is 7.05 Å².